The minimum absolute atomic E-state index is 0.0281. The van der Waals surface area contributed by atoms with Gasteiger partial charge in [0.2, 0.25) is 5.91 Å². The largest absolute Gasteiger partial charge is 0.493 e. The van der Waals surface area contributed by atoms with Gasteiger partial charge in [0.25, 0.3) is 0 Å². The maximum absolute atomic E-state index is 11.1. The minimum atomic E-state index is 0.0281. The molecule has 2 N–H and O–H groups in total. The number of rotatable bonds is 9. The van der Waals surface area contributed by atoms with Gasteiger partial charge in [0, 0.05) is 19.5 Å². The highest BCUT2D eigenvalue weighted by Gasteiger charge is 2.10. The number of hydrogen-bond acceptors (Lipinski definition) is 4. The molecule has 0 spiro atoms. The lowest BCUT2D eigenvalue weighted by Crippen LogP contribution is -2.18. The average Bonchev–Trinajstić information content (AvgIpc) is 2.51. The fourth-order valence-corrected chi connectivity index (χ4v) is 2.04. The number of hydrogen-bond donors (Lipinski definition) is 2. The first kappa shape index (κ1) is 17.3. The number of amides is 1. The van der Waals surface area contributed by atoms with E-state index >= 15 is 0 Å². The van der Waals surface area contributed by atoms with Crippen LogP contribution in [0.4, 0.5) is 0 Å². The third-order valence-electron chi connectivity index (χ3n) is 3.28. The van der Waals surface area contributed by atoms with E-state index in [1.807, 2.05) is 18.2 Å². The molecule has 0 aliphatic heterocycles. The Morgan fingerprint density at radius 1 is 1.33 bits per heavy atom. The van der Waals surface area contributed by atoms with Crippen molar-refractivity contribution in [3.05, 3.63) is 23.8 Å². The van der Waals surface area contributed by atoms with Gasteiger partial charge in [-0.3, -0.25) is 4.79 Å². The fourth-order valence-electron chi connectivity index (χ4n) is 2.04. The Kier molecular flexibility index (Phi) is 7.61. The van der Waals surface area contributed by atoms with Gasteiger partial charge in [-0.25, -0.2) is 0 Å². The first-order valence-corrected chi connectivity index (χ1v) is 7.37. The summed E-state index contributed by atoms with van der Waals surface area (Å²) in [6.07, 6.45) is 1.15. The molecule has 1 aromatic rings. The van der Waals surface area contributed by atoms with Crippen molar-refractivity contribution in [2.45, 2.75) is 32.7 Å². The second-order valence-electron chi connectivity index (χ2n) is 4.81. The molecule has 1 amide bonds. The quantitative estimate of drug-likeness (QED) is 0.686. The highest BCUT2D eigenvalue weighted by Crippen LogP contribution is 2.30. The molecule has 0 aromatic heterocycles. The molecule has 21 heavy (non-hydrogen) atoms. The summed E-state index contributed by atoms with van der Waals surface area (Å²) in [7, 11) is 3.27. The number of nitrogens with one attached hydrogen (secondary N) is 2. The van der Waals surface area contributed by atoms with Crippen molar-refractivity contribution >= 4 is 5.91 Å². The predicted octanol–water partition coefficient (Wildman–Crippen LogP) is 2.27. The Hall–Kier alpha value is -1.75. The zero-order valence-corrected chi connectivity index (χ0v) is 13.4. The highest BCUT2D eigenvalue weighted by atomic mass is 16.5. The molecule has 0 radical (unpaired) electrons. The van der Waals surface area contributed by atoms with Crippen molar-refractivity contribution in [3.8, 4) is 11.5 Å². The second-order valence-corrected chi connectivity index (χ2v) is 4.81. The zero-order valence-electron chi connectivity index (χ0n) is 13.4. The van der Waals surface area contributed by atoms with Gasteiger partial charge in [-0.2, -0.15) is 0 Å². The number of carbonyl (C=O) groups is 1. The molecular weight excluding hydrogens is 268 g/mol. The summed E-state index contributed by atoms with van der Waals surface area (Å²) < 4.78 is 11.1. The molecule has 0 bridgehead atoms. The normalized spacial score (nSPS) is 11.8. The molecular formula is C16H26N2O3. The molecule has 1 rings (SSSR count). The van der Waals surface area contributed by atoms with Gasteiger partial charge in [-0.15, -0.1) is 0 Å². The Bertz CT molecular complexity index is 449. The van der Waals surface area contributed by atoms with Crippen molar-refractivity contribution in [3.63, 3.8) is 0 Å². The van der Waals surface area contributed by atoms with E-state index < -0.39 is 0 Å². The van der Waals surface area contributed by atoms with Crippen molar-refractivity contribution in [1.29, 1.82) is 0 Å². The summed E-state index contributed by atoms with van der Waals surface area (Å²) in [4.78, 5) is 11.1. The Morgan fingerprint density at radius 2 is 2.10 bits per heavy atom. The Morgan fingerprint density at radius 3 is 2.71 bits per heavy atom. The van der Waals surface area contributed by atoms with Gasteiger partial charge in [0.05, 0.1) is 13.7 Å². The third kappa shape index (κ3) is 5.63. The molecule has 1 unspecified atom stereocenters. The summed E-state index contributed by atoms with van der Waals surface area (Å²) >= 11 is 0. The molecule has 0 fully saturated rings. The third-order valence-corrected chi connectivity index (χ3v) is 3.28. The predicted molar refractivity (Wildman–Crippen MR) is 83.9 cm³/mol. The first-order chi connectivity index (χ1) is 10.1. The molecule has 118 valence electrons. The molecule has 0 aliphatic carbocycles. The van der Waals surface area contributed by atoms with E-state index in [-0.39, 0.29) is 11.9 Å². The van der Waals surface area contributed by atoms with Crippen LogP contribution in [-0.2, 0) is 4.79 Å². The summed E-state index contributed by atoms with van der Waals surface area (Å²) in [5.74, 6) is 1.46. The van der Waals surface area contributed by atoms with Crippen LogP contribution in [0.15, 0.2) is 18.2 Å². The van der Waals surface area contributed by atoms with Crippen LogP contribution in [0.1, 0.15) is 38.3 Å². The van der Waals surface area contributed by atoms with Crippen LogP contribution in [0, 0.1) is 0 Å². The van der Waals surface area contributed by atoms with Crippen LogP contribution in [0.5, 0.6) is 11.5 Å². The standard InChI is InChI=1S/C16H26N2O3/c1-5-18-12(2)13-8-9-14(15(11-13)20-4)21-10-6-7-16(19)17-3/h8-9,11-12,18H,5-7,10H2,1-4H3,(H,17,19). The minimum Gasteiger partial charge on any atom is -0.493 e. The molecule has 1 aromatic carbocycles. The van der Waals surface area contributed by atoms with Crippen LogP contribution in [-0.4, -0.2) is 33.2 Å². The Balaban J connectivity index is 2.60. The van der Waals surface area contributed by atoms with E-state index in [4.69, 9.17) is 9.47 Å². The lowest BCUT2D eigenvalue weighted by atomic mass is 10.1. The molecule has 0 saturated heterocycles. The van der Waals surface area contributed by atoms with E-state index in [9.17, 15) is 4.79 Å². The molecule has 0 saturated carbocycles. The van der Waals surface area contributed by atoms with Gasteiger partial charge in [-0.05, 0) is 37.6 Å². The number of carbonyl (C=O) groups excluding carboxylic acids is 1. The summed E-state index contributed by atoms with van der Waals surface area (Å²) in [6.45, 7) is 5.60. The van der Waals surface area contributed by atoms with Crippen LogP contribution < -0.4 is 20.1 Å². The average molecular weight is 294 g/mol. The SMILES string of the molecule is CCNC(C)c1ccc(OCCCC(=O)NC)c(OC)c1. The smallest absolute Gasteiger partial charge is 0.219 e. The number of methoxy groups -OCH3 is 1. The summed E-state index contributed by atoms with van der Waals surface area (Å²) in [5, 5.41) is 5.95. The van der Waals surface area contributed by atoms with E-state index in [1.54, 1.807) is 14.2 Å². The summed E-state index contributed by atoms with van der Waals surface area (Å²) in [5.41, 5.74) is 1.16. The first-order valence-electron chi connectivity index (χ1n) is 7.37. The van der Waals surface area contributed by atoms with Gasteiger partial charge >= 0.3 is 0 Å². The van der Waals surface area contributed by atoms with E-state index in [2.05, 4.69) is 24.5 Å². The van der Waals surface area contributed by atoms with Gasteiger partial charge in [0.15, 0.2) is 11.5 Å². The van der Waals surface area contributed by atoms with Gasteiger partial charge < -0.3 is 20.1 Å². The molecule has 1 atom stereocenters. The van der Waals surface area contributed by atoms with Crippen LogP contribution in [0.3, 0.4) is 0 Å². The van der Waals surface area contributed by atoms with Crippen molar-refractivity contribution < 1.29 is 14.3 Å². The van der Waals surface area contributed by atoms with Crippen LogP contribution in [0.25, 0.3) is 0 Å². The molecule has 0 heterocycles. The number of benzene rings is 1. The van der Waals surface area contributed by atoms with E-state index in [0.717, 1.165) is 17.9 Å². The fraction of sp³-hybridized carbons (Fsp3) is 0.562. The van der Waals surface area contributed by atoms with E-state index in [0.29, 0.717) is 25.2 Å². The topological polar surface area (TPSA) is 59.6 Å². The maximum Gasteiger partial charge on any atom is 0.219 e. The maximum atomic E-state index is 11.1. The Labute approximate surface area is 127 Å². The van der Waals surface area contributed by atoms with Gasteiger partial charge in [-0.1, -0.05) is 13.0 Å². The van der Waals surface area contributed by atoms with Gasteiger partial charge in [0.1, 0.15) is 0 Å². The monoisotopic (exact) mass is 294 g/mol. The van der Waals surface area contributed by atoms with Crippen LogP contribution in [0.2, 0.25) is 0 Å². The highest BCUT2D eigenvalue weighted by molar-refractivity contribution is 5.75. The van der Waals surface area contributed by atoms with Crippen molar-refractivity contribution in [2.24, 2.45) is 0 Å². The lowest BCUT2D eigenvalue weighted by Gasteiger charge is -2.16. The molecule has 0 aliphatic rings. The molecule has 5 nitrogen and oxygen atoms in total. The van der Waals surface area contributed by atoms with Crippen molar-refractivity contribution in [1.82, 2.24) is 10.6 Å². The zero-order chi connectivity index (χ0) is 15.7. The molecule has 5 heteroatoms. The second kappa shape index (κ2) is 9.23. The lowest BCUT2D eigenvalue weighted by molar-refractivity contribution is -0.120. The van der Waals surface area contributed by atoms with Crippen molar-refractivity contribution in [2.75, 3.05) is 27.3 Å². The number of ether oxygens (including phenoxy) is 2. The van der Waals surface area contributed by atoms with Crippen LogP contribution >= 0.6 is 0 Å². The van der Waals surface area contributed by atoms with E-state index in [1.165, 1.54) is 0 Å². The summed E-state index contributed by atoms with van der Waals surface area (Å²) in [6, 6.07) is 6.21.